The molecule has 3 rings (SSSR count). The molecular weight excluding hydrogens is 388 g/mol. The first-order valence-electron chi connectivity index (χ1n) is 8.72. The minimum Gasteiger partial charge on any atom is -0.333 e. The van der Waals surface area contributed by atoms with E-state index in [1.807, 2.05) is 0 Å². The predicted octanol–water partition coefficient (Wildman–Crippen LogP) is -0.253. The second kappa shape index (κ2) is 7.96. The van der Waals surface area contributed by atoms with Crippen molar-refractivity contribution in [2.45, 2.75) is 37.8 Å². The third-order valence-electron chi connectivity index (χ3n) is 5.18. The van der Waals surface area contributed by atoms with E-state index in [-0.39, 0.29) is 5.91 Å². The molecule has 1 saturated carbocycles. The number of nitriles is 1. The van der Waals surface area contributed by atoms with Crippen LogP contribution >= 0.6 is 27.3 Å². The third kappa shape index (κ3) is 4.57. The van der Waals surface area contributed by atoms with E-state index in [1.54, 1.807) is 16.2 Å². The quantitative estimate of drug-likeness (QED) is 0.624. The largest absolute Gasteiger partial charge is 0.333 e. The first-order chi connectivity index (χ1) is 11.6. The van der Waals surface area contributed by atoms with Crippen LogP contribution in [0.2, 0.25) is 0 Å². The van der Waals surface area contributed by atoms with Crippen LogP contribution in [0.4, 0.5) is 0 Å². The maximum Gasteiger partial charge on any atom is 0.276 e. The van der Waals surface area contributed by atoms with Crippen LogP contribution in [-0.4, -0.2) is 44.2 Å². The maximum atomic E-state index is 12.3. The highest BCUT2D eigenvalue weighted by Crippen LogP contribution is 2.28. The van der Waals surface area contributed by atoms with Gasteiger partial charge in [0.1, 0.15) is 38.3 Å². The predicted molar refractivity (Wildman–Crippen MR) is 96.9 cm³/mol. The summed E-state index contributed by atoms with van der Waals surface area (Å²) in [5, 5.41) is 12.4. The molecule has 0 radical (unpaired) electrons. The van der Waals surface area contributed by atoms with Crippen LogP contribution < -0.4 is 15.1 Å². The number of amides is 1. The fraction of sp³-hybridized carbons (Fsp3) is 0.647. The first-order valence-corrected chi connectivity index (χ1v) is 10.3. The van der Waals surface area contributed by atoms with Gasteiger partial charge in [-0.3, -0.25) is 4.79 Å². The summed E-state index contributed by atoms with van der Waals surface area (Å²) >= 11 is 5.32. The lowest BCUT2D eigenvalue weighted by atomic mass is 10.00. The Bertz CT molecular complexity index is 612. The van der Waals surface area contributed by atoms with Crippen LogP contribution in [0, 0.1) is 11.3 Å². The lowest BCUT2D eigenvalue weighted by Crippen LogP contribution is -3.28. The second-order valence-corrected chi connectivity index (χ2v) is 9.56. The van der Waals surface area contributed by atoms with Gasteiger partial charge in [0.25, 0.3) is 5.91 Å². The first kappa shape index (κ1) is 17.9. The van der Waals surface area contributed by atoms with E-state index >= 15 is 0 Å². The molecule has 1 aliphatic heterocycles. The Kier molecular flexibility index (Phi) is 5.93. The number of carbonyl (C=O) groups excluding carboxylic acids is 1. The Balaban J connectivity index is 1.42. The number of thiophene rings is 1. The highest BCUT2D eigenvalue weighted by atomic mass is 79.9. The van der Waals surface area contributed by atoms with Crippen LogP contribution in [0.15, 0.2) is 15.9 Å². The van der Waals surface area contributed by atoms with Crippen molar-refractivity contribution in [1.82, 2.24) is 5.32 Å². The number of hydrogen-bond donors (Lipinski definition) is 3. The normalized spacial score (nSPS) is 26.0. The Morgan fingerprint density at radius 3 is 2.50 bits per heavy atom. The molecule has 1 aliphatic carbocycles. The molecule has 2 aliphatic rings. The number of halogens is 1. The van der Waals surface area contributed by atoms with E-state index in [9.17, 15) is 10.1 Å². The molecule has 1 aromatic rings. The van der Waals surface area contributed by atoms with Crippen molar-refractivity contribution in [3.63, 3.8) is 0 Å². The summed E-state index contributed by atoms with van der Waals surface area (Å²) in [7, 11) is 0. The number of nitrogens with one attached hydrogen (secondary N) is 3. The summed E-state index contributed by atoms with van der Waals surface area (Å²) in [5.74, 6) is 0.0408. The molecule has 24 heavy (non-hydrogen) atoms. The number of rotatable bonds is 5. The molecular formula is C17H25BrN4OS+2. The molecule has 0 atom stereocenters. The molecule has 0 bridgehead atoms. The molecule has 2 heterocycles. The van der Waals surface area contributed by atoms with E-state index < -0.39 is 5.54 Å². The zero-order chi connectivity index (χ0) is 17.0. The van der Waals surface area contributed by atoms with Crippen LogP contribution in [-0.2, 0) is 11.3 Å². The third-order valence-corrected chi connectivity index (χ3v) is 6.80. The van der Waals surface area contributed by atoms with Gasteiger partial charge >= 0.3 is 0 Å². The molecule has 0 aromatic carbocycles. The number of hydrogen-bond acceptors (Lipinski definition) is 3. The van der Waals surface area contributed by atoms with Crippen molar-refractivity contribution in [1.29, 1.82) is 5.26 Å². The fourth-order valence-electron chi connectivity index (χ4n) is 3.79. The lowest BCUT2D eigenvalue weighted by Gasteiger charge is -2.30. The molecule has 130 valence electrons. The summed E-state index contributed by atoms with van der Waals surface area (Å²) in [6.45, 7) is 5.82. The second-order valence-electron chi connectivity index (χ2n) is 7.01. The average molecular weight is 413 g/mol. The number of piperazine rings is 1. The molecule has 7 heteroatoms. The molecule has 2 fully saturated rings. The van der Waals surface area contributed by atoms with Gasteiger partial charge in [-0.1, -0.05) is 0 Å². The van der Waals surface area contributed by atoms with E-state index in [1.165, 1.54) is 13.6 Å². The van der Waals surface area contributed by atoms with Crippen molar-refractivity contribution in [2.24, 2.45) is 0 Å². The van der Waals surface area contributed by atoms with Crippen LogP contribution in [0.3, 0.4) is 0 Å². The van der Waals surface area contributed by atoms with Crippen LogP contribution in [0.5, 0.6) is 0 Å². The zero-order valence-corrected chi connectivity index (χ0v) is 16.3. The lowest BCUT2D eigenvalue weighted by molar-refractivity contribution is -1.01. The van der Waals surface area contributed by atoms with Gasteiger partial charge in [0.05, 0.1) is 14.7 Å². The van der Waals surface area contributed by atoms with Gasteiger partial charge < -0.3 is 15.1 Å². The van der Waals surface area contributed by atoms with E-state index in [0.717, 1.165) is 58.4 Å². The van der Waals surface area contributed by atoms with E-state index in [0.29, 0.717) is 6.54 Å². The van der Waals surface area contributed by atoms with Gasteiger partial charge in [-0.05, 0) is 53.7 Å². The van der Waals surface area contributed by atoms with Gasteiger partial charge in [0.2, 0.25) is 0 Å². The number of quaternary nitrogens is 2. The Labute approximate surface area is 155 Å². The summed E-state index contributed by atoms with van der Waals surface area (Å²) in [6.07, 6.45) is 3.70. The van der Waals surface area contributed by atoms with Crippen LogP contribution in [0.25, 0.3) is 0 Å². The summed E-state index contributed by atoms with van der Waals surface area (Å²) in [4.78, 5) is 16.7. The molecule has 1 saturated heterocycles. The van der Waals surface area contributed by atoms with Gasteiger partial charge in [-0.2, -0.15) is 5.26 Å². The summed E-state index contributed by atoms with van der Waals surface area (Å²) in [5.41, 5.74) is -0.587. The highest BCUT2D eigenvalue weighted by molar-refractivity contribution is 9.11. The molecule has 3 N–H and O–H groups in total. The van der Waals surface area contributed by atoms with Crippen molar-refractivity contribution in [3.05, 3.63) is 20.8 Å². The van der Waals surface area contributed by atoms with Crippen LogP contribution in [0.1, 0.15) is 30.6 Å². The Hall–Kier alpha value is -0.940. The smallest absolute Gasteiger partial charge is 0.276 e. The average Bonchev–Trinajstić information content (AvgIpc) is 3.19. The molecule has 1 aromatic heterocycles. The van der Waals surface area contributed by atoms with Gasteiger partial charge in [0, 0.05) is 0 Å². The highest BCUT2D eigenvalue weighted by Gasteiger charge is 2.36. The van der Waals surface area contributed by atoms with Gasteiger partial charge in [0.15, 0.2) is 6.54 Å². The van der Waals surface area contributed by atoms with Crippen molar-refractivity contribution in [3.8, 4) is 6.07 Å². The minimum absolute atomic E-state index is 0.0408. The zero-order valence-electron chi connectivity index (χ0n) is 13.9. The van der Waals surface area contributed by atoms with Crippen molar-refractivity contribution >= 4 is 33.2 Å². The Morgan fingerprint density at radius 1 is 1.25 bits per heavy atom. The number of carbonyl (C=O) groups is 1. The number of nitrogens with zero attached hydrogens (tertiary/aromatic N) is 1. The fourth-order valence-corrected chi connectivity index (χ4v) is 5.34. The van der Waals surface area contributed by atoms with Crippen molar-refractivity contribution < 1.29 is 14.6 Å². The summed E-state index contributed by atoms with van der Waals surface area (Å²) in [6, 6.07) is 6.64. The van der Waals surface area contributed by atoms with Gasteiger partial charge in [-0.25, -0.2) is 0 Å². The molecule has 1 amide bonds. The van der Waals surface area contributed by atoms with Crippen molar-refractivity contribution in [2.75, 3.05) is 32.7 Å². The molecule has 0 unspecified atom stereocenters. The van der Waals surface area contributed by atoms with E-state index in [2.05, 4.69) is 39.4 Å². The monoisotopic (exact) mass is 412 g/mol. The molecule has 0 spiro atoms. The maximum absolute atomic E-state index is 12.3. The SMILES string of the molecule is N#CC1(NC(=O)C[NH+]2CC[NH+](Cc3ccc(Br)s3)CC2)CCCC1. The van der Waals surface area contributed by atoms with E-state index in [4.69, 9.17) is 0 Å². The molecule has 5 nitrogen and oxygen atoms in total. The summed E-state index contributed by atoms with van der Waals surface area (Å²) < 4.78 is 1.19. The Morgan fingerprint density at radius 2 is 1.92 bits per heavy atom. The topological polar surface area (TPSA) is 61.8 Å². The minimum atomic E-state index is -0.587. The standard InChI is InChI=1S/C17H23BrN4OS/c18-15-4-3-14(24-15)11-21-7-9-22(10-8-21)12-16(23)20-17(13-19)5-1-2-6-17/h3-4H,1-2,5-12H2,(H,20,23)/p+2. The van der Waals surface area contributed by atoms with Gasteiger partial charge in [-0.15, -0.1) is 11.3 Å².